The molecular formula is C18H28O3. The van der Waals surface area contributed by atoms with Gasteiger partial charge in [0.1, 0.15) is 6.29 Å². The van der Waals surface area contributed by atoms with Gasteiger partial charge in [-0.25, -0.2) is 0 Å². The smallest absolute Gasteiger partial charge is 0.160 e. The van der Waals surface area contributed by atoms with Crippen molar-refractivity contribution in [2.45, 2.75) is 51.9 Å². The first kappa shape index (κ1) is 19.2. The van der Waals surface area contributed by atoms with Crippen LogP contribution in [0.25, 0.3) is 0 Å². The summed E-state index contributed by atoms with van der Waals surface area (Å²) in [6.07, 6.45) is 10.6. The number of unbranched alkanes of at least 4 members (excludes halogenated alkanes) is 5. The second kappa shape index (κ2) is 13.2. The SMILES string of the molecule is C=CCc1ccc(O)c(OC)c1.CCCCCCCC=O. The average Bonchev–Trinajstić information content (AvgIpc) is 2.50. The molecule has 118 valence electrons. The van der Waals surface area contributed by atoms with Gasteiger partial charge in [-0.05, 0) is 30.5 Å². The minimum Gasteiger partial charge on any atom is -0.504 e. The van der Waals surface area contributed by atoms with Crippen molar-refractivity contribution in [3.05, 3.63) is 36.4 Å². The van der Waals surface area contributed by atoms with E-state index in [9.17, 15) is 9.90 Å². The molecule has 0 atom stereocenters. The molecule has 0 aliphatic heterocycles. The maximum absolute atomic E-state index is 9.84. The predicted octanol–water partition coefficient (Wildman–Crippen LogP) is 4.68. The molecule has 0 amide bonds. The molecule has 0 aliphatic carbocycles. The number of hydrogen-bond donors (Lipinski definition) is 1. The van der Waals surface area contributed by atoms with E-state index in [4.69, 9.17) is 4.74 Å². The van der Waals surface area contributed by atoms with Gasteiger partial charge in [-0.2, -0.15) is 0 Å². The monoisotopic (exact) mass is 292 g/mol. The Hall–Kier alpha value is -1.77. The van der Waals surface area contributed by atoms with Crippen LogP contribution in [0, 0.1) is 0 Å². The molecule has 1 aromatic carbocycles. The van der Waals surface area contributed by atoms with Crippen LogP contribution >= 0.6 is 0 Å². The van der Waals surface area contributed by atoms with Crippen molar-refractivity contribution in [1.82, 2.24) is 0 Å². The number of rotatable bonds is 9. The fourth-order valence-corrected chi connectivity index (χ4v) is 1.85. The van der Waals surface area contributed by atoms with Crippen LogP contribution in [0.1, 0.15) is 51.0 Å². The van der Waals surface area contributed by atoms with E-state index in [2.05, 4.69) is 13.5 Å². The molecule has 0 bridgehead atoms. The Kier molecular flexibility index (Phi) is 12.1. The van der Waals surface area contributed by atoms with Gasteiger partial charge in [-0.3, -0.25) is 0 Å². The first-order chi connectivity index (χ1) is 10.2. The highest BCUT2D eigenvalue weighted by molar-refractivity contribution is 5.48. The number of methoxy groups -OCH3 is 1. The summed E-state index contributed by atoms with van der Waals surface area (Å²) >= 11 is 0. The molecule has 21 heavy (non-hydrogen) atoms. The summed E-state index contributed by atoms with van der Waals surface area (Å²) in [5.41, 5.74) is 1.08. The summed E-state index contributed by atoms with van der Waals surface area (Å²) in [6, 6.07) is 5.27. The Morgan fingerprint density at radius 2 is 1.95 bits per heavy atom. The Labute approximate surface area is 128 Å². The number of aromatic hydroxyl groups is 1. The Morgan fingerprint density at radius 1 is 1.24 bits per heavy atom. The average molecular weight is 292 g/mol. The lowest BCUT2D eigenvalue weighted by molar-refractivity contribution is -0.107. The normalized spacial score (nSPS) is 9.43. The molecule has 0 aromatic heterocycles. The summed E-state index contributed by atoms with van der Waals surface area (Å²) in [7, 11) is 1.53. The molecule has 1 N–H and O–H groups in total. The standard InChI is InChI=1S/C10H12O2.C8H16O/c1-3-4-8-5-6-9(11)10(7-8)12-2;1-2-3-4-5-6-7-8-9/h3,5-7,11H,1,4H2,2H3;8H,2-7H2,1H3. The van der Waals surface area contributed by atoms with Gasteiger partial charge in [-0.1, -0.05) is 44.7 Å². The van der Waals surface area contributed by atoms with Gasteiger partial charge in [0.05, 0.1) is 7.11 Å². The third-order valence-corrected chi connectivity index (χ3v) is 3.05. The maximum atomic E-state index is 9.84. The maximum Gasteiger partial charge on any atom is 0.160 e. The molecular weight excluding hydrogens is 264 g/mol. The second-order valence-electron chi connectivity index (χ2n) is 4.87. The third kappa shape index (κ3) is 9.72. The molecule has 0 unspecified atom stereocenters. The highest BCUT2D eigenvalue weighted by Gasteiger charge is 2.00. The largest absolute Gasteiger partial charge is 0.504 e. The molecule has 3 nitrogen and oxygen atoms in total. The van der Waals surface area contributed by atoms with Crippen LogP contribution in [-0.2, 0) is 11.2 Å². The number of phenolic OH excluding ortho intramolecular Hbond substituents is 1. The van der Waals surface area contributed by atoms with E-state index < -0.39 is 0 Å². The summed E-state index contributed by atoms with van der Waals surface area (Å²) in [6.45, 7) is 5.82. The minimum atomic E-state index is 0.172. The van der Waals surface area contributed by atoms with Crippen LogP contribution in [0.3, 0.4) is 0 Å². The molecule has 0 aliphatic rings. The van der Waals surface area contributed by atoms with Crippen LogP contribution in [0.15, 0.2) is 30.9 Å². The number of benzene rings is 1. The quantitative estimate of drug-likeness (QED) is 0.408. The molecule has 0 fully saturated rings. The molecule has 1 aromatic rings. The Balaban J connectivity index is 0.000000400. The zero-order chi connectivity index (χ0) is 15.9. The van der Waals surface area contributed by atoms with E-state index in [1.54, 1.807) is 12.1 Å². The van der Waals surface area contributed by atoms with Gasteiger partial charge >= 0.3 is 0 Å². The van der Waals surface area contributed by atoms with Crippen LogP contribution in [0.4, 0.5) is 0 Å². The van der Waals surface area contributed by atoms with Gasteiger partial charge in [0.2, 0.25) is 0 Å². The zero-order valence-corrected chi connectivity index (χ0v) is 13.3. The van der Waals surface area contributed by atoms with E-state index in [1.807, 2.05) is 12.1 Å². The van der Waals surface area contributed by atoms with Gasteiger partial charge < -0.3 is 14.6 Å². The van der Waals surface area contributed by atoms with E-state index >= 15 is 0 Å². The molecule has 0 saturated heterocycles. The predicted molar refractivity (Wildman–Crippen MR) is 88.0 cm³/mol. The van der Waals surface area contributed by atoms with E-state index in [-0.39, 0.29) is 5.75 Å². The number of phenols is 1. The highest BCUT2D eigenvalue weighted by atomic mass is 16.5. The van der Waals surface area contributed by atoms with Gasteiger partial charge in [-0.15, -0.1) is 6.58 Å². The molecule has 0 heterocycles. The van der Waals surface area contributed by atoms with Crippen LogP contribution < -0.4 is 4.74 Å². The second-order valence-corrected chi connectivity index (χ2v) is 4.87. The number of hydrogen-bond acceptors (Lipinski definition) is 3. The molecule has 3 heteroatoms. The fourth-order valence-electron chi connectivity index (χ4n) is 1.85. The van der Waals surface area contributed by atoms with Gasteiger partial charge in [0.15, 0.2) is 11.5 Å². The lowest BCUT2D eigenvalue weighted by Crippen LogP contribution is -1.86. The fraction of sp³-hybridized carbons (Fsp3) is 0.500. The van der Waals surface area contributed by atoms with Crippen LogP contribution in [-0.4, -0.2) is 18.5 Å². The van der Waals surface area contributed by atoms with Crippen molar-refractivity contribution in [3.63, 3.8) is 0 Å². The van der Waals surface area contributed by atoms with Crippen molar-refractivity contribution in [1.29, 1.82) is 0 Å². The summed E-state index contributed by atoms with van der Waals surface area (Å²) in [4.78, 5) is 9.84. The van der Waals surface area contributed by atoms with E-state index in [0.29, 0.717) is 5.75 Å². The van der Waals surface area contributed by atoms with Crippen molar-refractivity contribution >= 4 is 6.29 Å². The number of aldehydes is 1. The van der Waals surface area contributed by atoms with E-state index in [0.717, 1.165) is 31.1 Å². The van der Waals surface area contributed by atoms with Crippen LogP contribution in [0.2, 0.25) is 0 Å². The lowest BCUT2D eigenvalue weighted by Gasteiger charge is -2.04. The highest BCUT2D eigenvalue weighted by Crippen LogP contribution is 2.26. The molecule has 0 radical (unpaired) electrons. The summed E-state index contributed by atoms with van der Waals surface area (Å²) < 4.78 is 4.95. The first-order valence-corrected chi connectivity index (χ1v) is 7.60. The lowest BCUT2D eigenvalue weighted by atomic mass is 10.1. The third-order valence-electron chi connectivity index (χ3n) is 3.05. The van der Waals surface area contributed by atoms with Gasteiger partial charge in [0, 0.05) is 6.42 Å². The summed E-state index contributed by atoms with van der Waals surface area (Å²) in [5.74, 6) is 0.680. The molecule has 0 spiro atoms. The van der Waals surface area contributed by atoms with Crippen molar-refractivity contribution in [3.8, 4) is 11.5 Å². The number of ether oxygens (including phenoxy) is 1. The Bertz CT molecular complexity index is 399. The number of carbonyl (C=O) groups excluding carboxylic acids is 1. The van der Waals surface area contributed by atoms with Crippen molar-refractivity contribution < 1.29 is 14.6 Å². The number of allylic oxidation sites excluding steroid dienone is 1. The van der Waals surface area contributed by atoms with Crippen molar-refractivity contribution in [2.75, 3.05) is 7.11 Å². The van der Waals surface area contributed by atoms with Crippen molar-refractivity contribution in [2.24, 2.45) is 0 Å². The minimum absolute atomic E-state index is 0.172. The number of carbonyl (C=O) groups is 1. The Morgan fingerprint density at radius 3 is 2.52 bits per heavy atom. The topological polar surface area (TPSA) is 46.5 Å². The molecule has 1 rings (SSSR count). The zero-order valence-electron chi connectivity index (χ0n) is 13.3. The molecule has 0 saturated carbocycles. The summed E-state index contributed by atoms with van der Waals surface area (Å²) in [5, 5.41) is 9.25. The van der Waals surface area contributed by atoms with Crippen LogP contribution in [0.5, 0.6) is 11.5 Å². The van der Waals surface area contributed by atoms with Gasteiger partial charge in [0.25, 0.3) is 0 Å². The van der Waals surface area contributed by atoms with E-state index in [1.165, 1.54) is 32.8 Å². The first-order valence-electron chi connectivity index (χ1n) is 7.60.